The zero-order valence-corrected chi connectivity index (χ0v) is 16.0. The molecule has 0 aromatic heterocycles. The van der Waals surface area contributed by atoms with Crippen LogP contribution in [0.3, 0.4) is 0 Å². The van der Waals surface area contributed by atoms with Crippen LogP contribution in [-0.2, 0) is 10.5 Å². The van der Waals surface area contributed by atoms with Gasteiger partial charge >= 0.3 is 12.1 Å². The molecule has 2 atom stereocenters. The Labute approximate surface area is 152 Å². The van der Waals surface area contributed by atoms with Gasteiger partial charge in [-0.05, 0) is 31.5 Å². The minimum atomic E-state index is -0.681. The molecule has 0 spiro atoms. The molecule has 1 heterocycles. The second kappa shape index (κ2) is 7.79. The number of hydrogen-bond acceptors (Lipinski definition) is 6. The fraction of sp³-hybridized carbons (Fsp3) is 0.529. The van der Waals surface area contributed by atoms with Crippen molar-refractivity contribution in [2.45, 2.75) is 30.4 Å². The summed E-state index contributed by atoms with van der Waals surface area (Å²) < 4.78 is 4.54. The minimum Gasteiger partial charge on any atom is -0.497 e. The van der Waals surface area contributed by atoms with E-state index in [0.29, 0.717) is 12.4 Å². The van der Waals surface area contributed by atoms with Gasteiger partial charge in [0.1, 0.15) is 24.2 Å². The van der Waals surface area contributed by atoms with Crippen molar-refractivity contribution in [2.75, 3.05) is 25.3 Å². The number of thioether (sulfide) groups is 2. The van der Waals surface area contributed by atoms with E-state index in [4.69, 9.17) is 10.5 Å². The van der Waals surface area contributed by atoms with Crippen molar-refractivity contribution in [1.82, 2.24) is 0 Å². The van der Waals surface area contributed by atoms with Crippen molar-refractivity contribution < 1.29 is 14.0 Å². The molecule has 1 aliphatic heterocycles. The molecule has 1 aromatic rings. The summed E-state index contributed by atoms with van der Waals surface area (Å²) in [5.41, 5.74) is 7.43. The van der Waals surface area contributed by atoms with E-state index in [-0.39, 0.29) is 10.4 Å². The number of quaternary nitrogens is 1. The maximum absolute atomic E-state index is 12.8. The van der Waals surface area contributed by atoms with Crippen molar-refractivity contribution in [1.29, 1.82) is 5.26 Å². The highest BCUT2D eigenvalue weighted by Gasteiger charge is 2.49. The second-order valence-corrected chi connectivity index (χ2v) is 9.09. The third-order valence-corrected chi connectivity index (χ3v) is 6.90. The Bertz CT molecular complexity index is 620. The molecule has 0 bridgehead atoms. The monoisotopic (exact) mass is 366 g/mol. The predicted molar refractivity (Wildman–Crippen MR) is 99.4 cm³/mol. The fourth-order valence-corrected chi connectivity index (χ4v) is 4.66. The molecule has 0 radical (unpaired) electrons. The first-order valence-electron chi connectivity index (χ1n) is 7.78. The third kappa shape index (κ3) is 4.06. The van der Waals surface area contributed by atoms with E-state index in [1.54, 1.807) is 30.6 Å². The maximum atomic E-state index is 12.8. The van der Waals surface area contributed by atoms with Gasteiger partial charge in [-0.3, -0.25) is 0 Å². The summed E-state index contributed by atoms with van der Waals surface area (Å²) in [6.07, 6.45) is 2.18. The molecule has 1 aliphatic rings. The van der Waals surface area contributed by atoms with Gasteiger partial charge in [0.05, 0.1) is 7.11 Å². The lowest BCUT2D eigenvalue weighted by Crippen LogP contribution is -2.59. The number of rotatable bonds is 6. The molecule has 1 amide bonds. The smallest absolute Gasteiger partial charge is 0.347 e. The van der Waals surface area contributed by atoms with E-state index in [1.807, 2.05) is 38.1 Å². The molecule has 2 N–H and O–H groups in total. The molecular weight excluding hydrogens is 342 g/mol. The first-order valence-corrected chi connectivity index (χ1v) is 9.92. The summed E-state index contributed by atoms with van der Waals surface area (Å²) in [6, 6.07) is 7.18. The summed E-state index contributed by atoms with van der Waals surface area (Å²) in [4.78, 5) is 12.8. The van der Waals surface area contributed by atoms with Crippen LogP contribution in [0, 0.1) is 11.5 Å². The van der Waals surface area contributed by atoms with Gasteiger partial charge in [-0.2, -0.15) is 4.48 Å². The molecule has 130 valence electrons. The van der Waals surface area contributed by atoms with Crippen molar-refractivity contribution in [3.8, 4) is 11.9 Å². The molecule has 24 heavy (non-hydrogen) atoms. The van der Waals surface area contributed by atoms with Crippen LogP contribution in [0.15, 0.2) is 24.3 Å². The van der Waals surface area contributed by atoms with E-state index in [2.05, 4.69) is 6.19 Å². The van der Waals surface area contributed by atoms with Crippen molar-refractivity contribution in [3.05, 3.63) is 29.8 Å². The minimum absolute atomic E-state index is 0.168. The molecule has 5 nitrogen and oxygen atoms in total. The highest BCUT2D eigenvalue weighted by molar-refractivity contribution is 8.00. The van der Waals surface area contributed by atoms with Crippen molar-refractivity contribution >= 4 is 29.4 Å². The number of hydrogen-bond donors (Lipinski definition) is 1. The Morgan fingerprint density at radius 2 is 2.17 bits per heavy atom. The number of carbonyl (C=O) groups excluding carboxylic acids is 1. The van der Waals surface area contributed by atoms with Crippen LogP contribution < -0.4 is 10.5 Å². The zero-order chi connectivity index (χ0) is 17.8. The van der Waals surface area contributed by atoms with E-state index in [1.165, 1.54) is 0 Å². The largest absolute Gasteiger partial charge is 0.497 e. The summed E-state index contributed by atoms with van der Waals surface area (Å²) in [7, 11) is 1.64. The first kappa shape index (κ1) is 19.1. The van der Waals surface area contributed by atoms with Gasteiger partial charge in [0, 0.05) is 16.3 Å². The zero-order valence-electron chi connectivity index (χ0n) is 14.3. The Morgan fingerprint density at radius 1 is 1.50 bits per heavy atom. The number of nitrogens with two attached hydrogens (primary N) is 1. The molecule has 0 aliphatic carbocycles. The SMILES string of the molecule is COc1ccc(CSC(C)(C)[C@H](N)C(=O)[N+]2(C#N)CCSC2)cc1. The van der Waals surface area contributed by atoms with Gasteiger partial charge in [0.2, 0.25) is 0 Å². The maximum Gasteiger partial charge on any atom is 0.347 e. The van der Waals surface area contributed by atoms with Gasteiger partial charge in [0.15, 0.2) is 0 Å². The van der Waals surface area contributed by atoms with Gasteiger partial charge in [-0.25, -0.2) is 4.79 Å². The van der Waals surface area contributed by atoms with Crippen LogP contribution in [0.1, 0.15) is 19.4 Å². The predicted octanol–water partition coefficient (Wildman–Crippen LogP) is 2.56. The van der Waals surface area contributed by atoms with Crippen LogP contribution in [0.5, 0.6) is 5.75 Å². The Hall–Kier alpha value is -1.20. The van der Waals surface area contributed by atoms with Gasteiger partial charge in [0.25, 0.3) is 0 Å². The van der Waals surface area contributed by atoms with Crippen LogP contribution in [0.2, 0.25) is 0 Å². The normalized spacial score (nSPS) is 22.0. The fourth-order valence-electron chi connectivity index (χ4n) is 2.45. The highest BCUT2D eigenvalue weighted by Crippen LogP contribution is 2.34. The number of ether oxygens (including phenoxy) is 1. The standard InChI is InChI=1S/C17H24N3O2S2/c1-17(2,24-10-13-4-6-14(22-3)7-5-13)15(19)16(21)20(11-18)8-9-23-12-20/h4-7,15H,8-10,12,19H2,1-3H3/q+1/t15-,20?/m1/s1. The molecule has 1 fully saturated rings. The van der Waals surface area contributed by atoms with E-state index >= 15 is 0 Å². The lowest BCUT2D eigenvalue weighted by molar-refractivity contribution is -0.767. The summed E-state index contributed by atoms with van der Waals surface area (Å²) in [5.74, 6) is 2.73. The molecule has 1 aromatic carbocycles. The second-order valence-electron chi connectivity index (χ2n) is 6.38. The summed E-state index contributed by atoms with van der Waals surface area (Å²) in [5, 5.41) is 9.47. The number of carbonyl (C=O) groups is 1. The van der Waals surface area contributed by atoms with E-state index in [0.717, 1.165) is 22.8 Å². The molecule has 0 saturated carbocycles. The molecule has 1 saturated heterocycles. The van der Waals surface area contributed by atoms with E-state index < -0.39 is 10.8 Å². The topological polar surface area (TPSA) is 76.1 Å². The van der Waals surface area contributed by atoms with Crippen LogP contribution in [0.25, 0.3) is 0 Å². The molecule has 1 unspecified atom stereocenters. The quantitative estimate of drug-likeness (QED) is 0.616. The lowest BCUT2D eigenvalue weighted by Gasteiger charge is -2.32. The van der Waals surface area contributed by atoms with Gasteiger partial charge in [-0.15, -0.1) is 17.0 Å². The number of nitriles is 1. The van der Waals surface area contributed by atoms with Crippen molar-refractivity contribution in [2.24, 2.45) is 5.73 Å². The average molecular weight is 367 g/mol. The van der Waals surface area contributed by atoms with Crippen LogP contribution >= 0.6 is 23.5 Å². The Morgan fingerprint density at radius 3 is 2.67 bits per heavy atom. The highest BCUT2D eigenvalue weighted by atomic mass is 32.2. The molecular formula is C17H24N3O2S2+. The number of nitrogens with zero attached hydrogens (tertiary/aromatic N) is 2. The van der Waals surface area contributed by atoms with Gasteiger partial charge in [-0.1, -0.05) is 23.9 Å². The average Bonchev–Trinajstić information content (AvgIpc) is 3.09. The molecule has 2 rings (SSSR count). The molecule has 7 heteroatoms. The van der Waals surface area contributed by atoms with E-state index in [9.17, 15) is 10.1 Å². The third-order valence-electron chi connectivity index (χ3n) is 4.33. The Kier molecular flexibility index (Phi) is 6.21. The van der Waals surface area contributed by atoms with Gasteiger partial charge < -0.3 is 10.5 Å². The summed E-state index contributed by atoms with van der Waals surface area (Å²) >= 11 is 3.27. The Balaban J connectivity index is 2.02. The van der Waals surface area contributed by atoms with Crippen LogP contribution in [-0.4, -0.2) is 46.5 Å². The lowest BCUT2D eigenvalue weighted by atomic mass is 10.0. The van der Waals surface area contributed by atoms with Crippen LogP contribution in [0.4, 0.5) is 0 Å². The first-order chi connectivity index (χ1) is 11.3. The number of methoxy groups -OCH3 is 1. The number of benzene rings is 1. The summed E-state index contributed by atoms with van der Waals surface area (Å²) in [6.45, 7) is 4.49. The van der Waals surface area contributed by atoms with Crippen molar-refractivity contribution in [3.63, 3.8) is 0 Å². The number of amides is 1.